The van der Waals surface area contributed by atoms with Gasteiger partial charge in [-0.3, -0.25) is 0 Å². The van der Waals surface area contributed by atoms with Crippen LogP contribution in [0.2, 0.25) is 5.02 Å². The molecule has 0 saturated carbocycles. The molecule has 0 unspecified atom stereocenters. The molecule has 74 valence electrons. The first kappa shape index (κ1) is 8.56. The van der Waals surface area contributed by atoms with Crippen molar-refractivity contribution in [3.8, 4) is 5.69 Å². The first-order valence-electron chi connectivity index (χ1n) is 4.52. The van der Waals surface area contributed by atoms with Crippen molar-refractivity contribution in [2.24, 2.45) is 0 Å². The Kier molecular flexibility index (Phi) is 1.79. The van der Waals surface area contributed by atoms with Crippen molar-refractivity contribution in [2.75, 3.05) is 0 Å². The summed E-state index contributed by atoms with van der Waals surface area (Å²) in [6.45, 7) is 0. The Balaban J connectivity index is 2.13. The third kappa shape index (κ3) is 1.41. The van der Waals surface area contributed by atoms with Gasteiger partial charge in [0, 0.05) is 11.1 Å². The zero-order chi connectivity index (χ0) is 10.3. The Morgan fingerprint density at radius 3 is 2.67 bits per heavy atom. The highest BCUT2D eigenvalue weighted by Crippen LogP contribution is 2.17. The van der Waals surface area contributed by atoms with Gasteiger partial charge in [-0.25, -0.2) is 4.68 Å². The Hall–Kier alpha value is -1.74. The summed E-state index contributed by atoms with van der Waals surface area (Å²) < 4.78 is 7.00. The van der Waals surface area contributed by atoms with Crippen LogP contribution < -0.4 is 0 Å². The molecule has 3 aromatic rings. The summed E-state index contributed by atoms with van der Waals surface area (Å²) in [7, 11) is 0. The van der Waals surface area contributed by atoms with E-state index >= 15 is 0 Å². The summed E-state index contributed by atoms with van der Waals surface area (Å²) in [4.78, 5) is 0. The Morgan fingerprint density at radius 1 is 1.13 bits per heavy atom. The molecule has 0 N–H and O–H groups in total. The van der Waals surface area contributed by atoms with Crippen LogP contribution >= 0.6 is 11.6 Å². The first-order valence-corrected chi connectivity index (χ1v) is 4.89. The number of furan rings is 1. The second kappa shape index (κ2) is 3.14. The van der Waals surface area contributed by atoms with Crippen LogP contribution in [0.3, 0.4) is 0 Å². The minimum absolute atomic E-state index is 0.717. The predicted molar refractivity (Wildman–Crippen MR) is 58.3 cm³/mol. The molecule has 2 heterocycles. The van der Waals surface area contributed by atoms with E-state index in [9.17, 15) is 0 Å². The largest absolute Gasteiger partial charge is 0.461 e. The molecular formula is C11H7ClN2O. The number of nitrogens with zero attached hydrogens (tertiary/aromatic N) is 2. The van der Waals surface area contributed by atoms with Crippen molar-refractivity contribution in [3.05, 3.63) is 47.8 Å². The Labute approximate surface area is 90.9 Å². The van der Waals surface area contributed by atoms with Crippen LogP contribution in [0.15, 0.2) is 47.2 Å². The van der Waals surface area contributed by atoms with Gasteiger partial charge in [-0.15, -0.1) is 0 Å². The highest BCUT2D eigenvalue weighted by atomic mass is 35.5. The monoisotopic (exact) mass is 218 g/mol. The fourth-order valence-corrected chi connectivity index (χ4v) is 1.60. The van der Waals surface area contributed by atoms with Gasteiger partial charge in [0.2, 0.25) is 0 Å². The topological polar surface area (TPSA) is 31.0 Å². The van der Waals surface area contributed by atoms with Gasteiger partial charge >= 0.3 is 0 Å². The molecule has 0 spiro atoms. The predicted octanol–water partition coefficient (Wildman–Crippen LogP) is 3.27. The van der Waals surface area contributed by atoms with E-state index in [1.165, 1.54) is 0 Å². The Bertz CT molecular complexity index is 566. The summed E-state index contributed by atoms with van der Waals surface area (Å²) >= 11 is 5.81. The normalized spacial score (nSPS) is 11.0. The lowest BCUT2D eigenvalue weighted by molar-refractivity contribution is 0.614. The van der Waals surface area contributed by atoms with E-state index in [4.69, 9.17) is 16.0 Å². The summed E-state index contributed by atoms with van der Waals surface area (Å²) in [5.41, 5.74) is 2.60. The Morgan fingerprint density at radius 2 is 1.93 bits per heavy atom. The summed E-state index contributed by atoms with van der Waals surface area (Å²) in [5, 5.41) is 5.07. The number of fused-ring (bicyclic) bond motifs is 1. The van der Waals surface area contributed by atoms with Gasteiger partial charge in [0.05, 0.1) is 18.1 Å². The molecular weight excluding hydrogens is 212 g/mol. The second-order valence-corrected chi connectivity index (χ2v) is 3.66. The third-order valence-electron chi connectivity index (χ3n) is 2.22. The van der Waals surface area contributed by atoms with Crippen molar-refractivity contribution in [2.45, 2.75) is 0 Å². The highest BCUT2D eigenvalue weighted by molar-refractivity contribution is 6.30. The van der Waals surface area contributed by atoms with Gasteiger partial charge < -0.3 is 4.42 Å². The van der Waals surface area contributed by atoms with Crippen LogP contribution in [-0.2, 0) is 0 Å². The van der Waals surface area contributed by atoms with Crippen LogP contribution in [0.4, 0.5) is 0 Å². The fraction of sp³-hybridized carbons (Fsp3) is 0. The minimum Gasteiger partial charge on any atom is -0.461 e. The zero-order valence-corrected chi connectivity index (χ0v) is 8.48. The van der Waals surface area contributed by atoms with Crippen molar-refractivity contribution < 1.29 is 4.42 Å². The van der Waals surface area contributed by atoms with Gasteiger partial charge in [0.15, 0.2) is 5.58 Å². The molecule has 0 aliphatic heterocycles. The lowest BCUT2D eigenvalue weighted by Gasteiger charge is -1.99. The summed E-state index contributed by atoms with van der Waals surface area (Å²) in [6, 6.07) is 9.32. The molecule has 4 heteroatoms. The number of hydrogen-bond acceptors (Lipinski definition) is 2. The van der Waals surface area contributed by atoms with Crippen LogP contribution in [0.5, 0.6) is 0 Å². The molecule has 0 bridgehead atoms. The third-order valence-corrected chi connectivity index (χ3v) is 2.47. The number of hydrogen-bond donors (Lipinski definition) is 0. The smallest absolute Gasteiger partial charge is 0.172 e. The van der Waals surface area contributed by atoms with E-state index in [-0.39, 0.29) is 0 Å². The molecule has 0 aliphatic rings. The number of benzene rings is 1. The van der Waals surface area contributed by atoms with E-state index < -0.39 is 0 Å². The molecule has 0 amide bonds. The van der Waals surface area contributed by atoms with Gasteiger partial charge in [-0.05, 0) is 24.3 Å². The maximum absolute atomic E-state index is 5.81. The molecule has 0 atom stereocenters. The molecule has 0 aliphatic carbocycles. The van der Waals surface area contributed by atoms with Crippen molar-refractivity contribution in [3.63, 3.8) is 0 Å². The molecule has 2 aromatic heterocycles. The molecule has 3 rings (SSSR count). The maximum atomic E-state index is 5.81. The molecule has 0 saturated heterocycles. The van der Waals surface area contributed by atoms with Crippen molar-refractivity contribution in [1.82, 2.24) is 9.78 Å². The molecule has 0 fully saturated rings. The SMILES string of the molecule is Clc1ccc(-n2cc3occc3n2)cc1. The van der Waals surface area contributed by atoms with Crippen molar-refractivity contribution >= 4 is 22.7 Å². The number of halogens is 1. The highest BCUT2D eigenvalue weighted by Gasteiger charge is 2.04. The number of aromatic nitrogens is 2. The van der Waals surface area contributed by atoms with E-state index in [0.717, 1.165) is 21.8 Å². The molecule has 15 heavy (non-hydrogen) atoms. The van der Waals surface area contributed by atoms with E-state index in [2.05, 4.69) is 5.10 Å². The van der Waals surface area contributed by atoms with E-state index in [1.807, 2.05) is 36.5 Å². The average molecular weight is 219 g/mol. The zero-order valence-electron chi connectivity index (χ0n) is 7.72. The van der Waals surface area contributed by atoms with Crippen LogP contribution in [0.25, 0.3) is 16.8 Å². The molecule has 3 nitrogen and oxygen atoms in total. The summed E-state index contributed by atoms with van der Waals surface area (Å²) in [6.07, 6.45) is 3.47. The maximum Gasteiger partial charge on any atom is 0.172 e. The average Bonchev–Trinajstić information content (AvgIpc) is 2.78. The summed E-state index contributed by atoms with van der Waals surface area (Å²) in [5.74, 6) is 0. The van der Waals surface area contributed by atoms with E-state index in [0.29, 0.717) is 0 Å². The standard InChI is InChI=1S/C11H7ClN2O/c12-8-1-3-9(4-2-8)14-7-11-10(13-14)5-6-15-11/h1-7H. The van der Waals surface area contributed by atoms with Crippen LogP contribution in [0, 0.1) is 0 Å². The van der Waals surface area contributed by atoms with Crippen molar-refractivity contribution in [1.29, 1.82) is 0 Å². The molecule has 1 aromatic carbocycles. The van der Waals surface area contributed by atoms with Crippen LogP contribution in [0.1, 0.15) is 0 Å². The minimum atomic E-state index is 0.717. The fourth-order valence-electron chi connectivity index (χ4n) is 1.48. The first-order chi connectivity index (χ1) is 7.33. The van der Waals surface area contributed by atoms with Gasteiger partial charge in [0.25, 0.3) is 0 Å². The molecule has 0 radical (unpaired) electrons. The quantitative estimate of drug-likeness (QED) is 0.628. The number of rotatable bonds is 1. The second-order valence-electron chi connectivity index (χ2n) is 3.22. The van der Waals surface area contributed by atoms with Gasteiger partial charge in [0.1, 0.15) is 5.52 Å². The lowest BCUT2D eigenvalue weighted by atomic mass is 10.3. The van der Waals surface area contributed by atoms with Gasteiger partial charge in [-0.2, -0.15) is 5.10 Å². The van der Waals surface area contributed by atoms with E-state index in [1.54, 1.807) is 10.9 Å². The lowest BCUT2D eigenvalue weighted by Crippen LogP contribution is -1.93. The van der Waals surface area contributed by atoms with Crippen LogP contribution in [-0.4, -0.2) is 9.78 Å². The van der Waals surface area contributed by atoms with Gasteiger partial charge in [-0.1, -0.05) is 11.6 Å².